The molecule has 0 spiro atoms. The molecule has 0 bridgehead atoms. The topological polar surface area (TPSA) is 107 Å². The molecule has 9 heteroatoms. The Hall–Kier alpha value is -2.87. The minimum absolute atomic E-state index is 0.121. The second-order valence-electron chi connectivity index (χ2n) is 7.49. The molecule has 2 aliphatic rings. The third-order valence-electron chi connectivity index (χ3n) is 5.42. The van der Waals surface area contributed by atoms with Crippen LogP contribution in [0.15, 0.2) is 29.1 Å². The van der Waals surface area contributed by atoms with Crippen molar-refractivity contribution in [3.63, 3.8) is 0 Å². The summed E-state index contributed by atoms with van der Waals surface area (Å²) in [5.74, 6) is -1.14. The number of carbonyl (C=O) groups excluding carboxylic acids is 2. The molecule has 0 unspecified atom stereocenters. The molecule has 1 fully saturated rings. The molecule has 29 heavy (non-hydrogen) atoms. The van der Waals surface area contributed by atoms with Crippen LogP contribution in [0.3, 0.4) is 0 Å². The number of halogens is 1. The smallest absolute Gasteiger partial charge is 0.258 e. The standard InChI is InChI=1S/C20H22ClN5O3/c1-11-5-2-3-8-26(11)20-24-17-16(19(29)25-20)14(10-15(27)23-17)18(28)22-13-7-4-6-12(21)9-13/h4,6-7,9,11,14H,2-3,5,8,10H2,1H3,(H,22,28)(H2,23,24,25,27,29)/t11-,14+/m1/s1. The van der Waals surface area contributed by atoms with Gasteiger partial charge in [0.2, 0.25) is 17.8 Å². The molecule has 8 nitrogen and oxygen atoms in total. The summed E-state index contributed by atoms with van der Waals surface area (Å²) in [6, 6.07) is 6.94. The first-order valence-corrected chi connectivity index (χ1v) is 10.1. The van der Waals surface area contributed by atoms with Crippen molar-refractivity contribution in [3.05, 3.63) is 45.2 Å². The fraction of sp³-hybridized carbons (Fsp3) is 0.400. The number of rotatable bonds is 3. The van der Waals surface area contributed by atoms with E-state index >= 15 is 0 Å². The van der Waals surface area contributed by atoms with Crippen molar-refractivity contribution in [2.45, 2.75) is 44.6 Å². The van der Waals surface area contributed by atoms with E-state index in [1.165, 1.54) is 0 Å². The highest BCUT2D eigenvalue weighted by Gasteiger charge is 2.35. The van der Waals surface area contributed by atoms with Crippen molar-refractivity contribution in [3.8, 4) is 0 Å². The predicted octanol–water partition coefficient (Wildman–Crippen LogP) is 2.87. The molecule has 2 aliphatic heterocycles. The van der Waals surface area contributed by atoms with E-state index < -0.39 is 17.4 Å². The van der Waals surface area contributed by atoms with Gasteiger partial charge in [0.05, 0.1) is 11.5 Å². The quantitative estimate of drug-likeness (QED) is 0.714. The van der Waals surface area contributed by atoms with E-state index in [1.807, 2.05) is 4.90 Å². The number of fused-ring (bicyclic) bond motifs is 1. The van der Waals surface area contributed by atoms with Gasteiger partial charge in [0.25, 0.3) is 5.56 Å². The molecule has 4 rings (SSSR count). The predicted molar refractivity (Wildman–Crippen MR) is 112 cm³/mol. The maximum Gasteiger partial charge on any atom is 0.258 e. The lowest BCUT2D eigenvalue weighted by atomic mass is 9.92. The fourth-order valence-corrected chi connectivity index (χ4v) is 4.12. The number of piperidine rings is 1. The van der Waals surface area contributed by atoms with E-state index in [4.69, 9.17) is 11.6 Å². The van der Waals surface area contributed by atoms with Crippen molar-refractivity contribution in [2.24, 2.45) is 0 Å². The van der Waals surface area contributed by atoms with Crippen LogP contribution in [0.25, 0.3) is 0 Å². The maximum atomic E-state index is 12.9. The lowest BCUT2D eigenvalue weighted by Crippen LogP contribution is -2.41. The first kappa shape index (κ1) is 19.4. The second kappa shape index (κ2) is 7.87. The van der Waals surface area contributed by atoms with Gasteiger partial charge in [0.15, 0.2) is 0 Å². The Morgan fingerprint density at radius 2 is 2.14 bits per heavy atom. The number of aromatic nitrogens is 2. The number of benzene rings is 1. The first-order valence-electron chi connectivity index (χ1n) is 9.69. The summed E-state index contributed by atoms with van der Waals surface area (Å²) in [6.07, 6.45) is 3.04. The van der Waals surface area contributed by atoms with Crippen LogP contribution in [-0.2, 0) is 9.59 Å². The van der Waals surface area contributed by atoms with Crippen LogP contribution in [0.4, 0.5) is 17.5 Å². The van der Waals surface area contributed by atoms with Gasteiger partial charge in [0, 0.05) is 29.7 Å². The van der Waals surface area contributed by atoms with Gasteiger partial charge in [-0.15, -0.1) is 0 Å². The van der Waals surface area contributed by atoms with Crippen LogP contribution in [0.1, 0.15) is 44.1 Å². The van der Waals surface area contributed by atoms with Crippen molar-refractivity contribution in [1.82, 2.24) is 9.97 Å². The van der Waals surface area contributed by atoms with Crippen molar-refractivity contribution in [2.75, 3.05) is 22.1 Å². The van der Waals surface area contributed by atoms with Crippen LogP contribution >= 0.6 is 11.6 Å². The molecule has 3 N–H and O–H groups in total. The Morgan fingerprint density at radius 3 is 2.90 bits per heavy atom. The molecule has 3 heterocycles. The molecule has 0 radical (unpaired) electrons. The number of hydrogen-bond acceptors (Lipinski definition) is 5. The van der Waals surface area contributed by atoms with E-state index in [-0.39, 0.29) is 29.8 Å². The molecule has 2 amide bonds. The van der Waals surface area contributed by atoms with Crippen molar-refractivity contribution in [1.29, 1.82) is 0 Å². The van der Waals surface area contributed by atoms with E-state index in [0.717, 1.165) is 25.8 Å². The number of hydrogen-bond donors (Lipinski definition) is 3. The number of amides is 2. The summed E-state index contributed by atoms with van der Waals surface area (Å²) in [5, 5.41) is 5.86. The zero-order chi connectivity index (χ0) is 20.5. The van der Waals surface area contributed by atoms with Crippen LogP contribution < -0.4 is 21.1 Å². The summed E-state index contributed by atoms with van der Waals surface area (Å²) >= 11 is 5.96. The third-order valence-corrected chi connectivity index (χ3v) is 5.66. The number of nitrogens with zero attached hydrogens (tertiary/aromatic N) is 2. The summed E-state index contributed by atoms with van der Waals surface area (Å²) < 4.78 is 0. The molecule has 0 saturated carbocycles. The number of aromatic amines is 1. The molecule has 152 valence electrons. The minimum Gasteiger partial charge on any atom is -0.340 e. The summed E-state index contributed by atoms with van der Waals surface area (Å²) in [7, 11) is 0. The molecule has 1 saturated heterocycles. The number of H-pyrrole nitrogens is 1. The van der Waals surface area contributed by atoms with E-state index in [1.54, 1.807) is 24.3 Å². The fourth-order valence-electron chi connectivity index (χ4n) is 3.93. The maximum absolute atomic E-state index is 12.9. The second-order valence-corrected chi connectivity index (χ2v) is 7.93. The molecular formula is C20H22ClN5O3. The zero-order valence-corrected chi connectivity index (χ0v) is 16.8. The summed E-state index contributed by atoms with van der Waals surface area (Å²) in [5.41, 5.74) is 0.268. The summed E-state index contributed by atoms with van der Waals surface area (Å²) in [6.45, 7) is 2.87. The largest absolute Gasteiger partial charge is 0.340 e. The SMILES string of the molecule is C[C@@H]1CCCCN1c1nc2c(c(=O)[nH]1)[C@@H](C(=O)Nc1cccc(Cl)c1)CC(=O)N2. The van der Waals surface area contributed by atoms with E-state index in [2.05, 4.69) is 27.5 Å². The molecule has 0 aliphatic carbocycles. The van der Waals surface area contributed by atoms with Gasteiger partial charge in [-0.3, -0.25) is 19.4 Å². The number of carbonyl (C=O) groups is 2. The van der Waals surface area contributed by atoms with Crippen molar-refractivity contribution >= 4 is 40.9 Å². The van der Waals surface area contributed by atoms with Crippen molar-refractivity contribution < 1.29 is 9.59 Å². The van der Waals surface area contributed by atoms with Crippen LogP contribution in [-0.4, -0.2) is 34.4 Å². The normalized spacial score (nSPS) is 21.3. The average molecular weight is 416 g/mol. The van der Waals surface area contributed by atoms with Gasteiger partial charge in [-0.25, -0.2) is 0 Å². The zero-order valence-electron chi connectivity index (χ0n) is 16.0. The van der Waals surface area contributed by atoms with E-state index in [9.17, 15) is 14.4 Å². The Morgan fingerprint density at radius 1 is 1.31 bits per heavy atom. The van der Waals surface area contributed by atoms with Gasteiger partial charge < -0.3 is 15.5 Å². The molecule has 2 atom stereocenters. The molecule has 1 aromatic carbocycles. The van der Waals surface area contributed by atoms with Crippen LogP contribution in [0, 0.1) is 0 Å². The highest BCUT2D eigenvalue weighted by atomic mass is 35.5. The van der Waals surface area contributed by atoms with Crippen LogP contribution in [0.2, 0.25) is 5.02 Å². The Bertz CT molecular complexity index is 1020. The van der Waals surface area contributed by atoms with Gasteiger partial charge in [0.1, 0.15) is 5.82 Å². The monoisotopic (exact) mass is 415 g/mol. The highest BCUT2D eigenvalue weighted by molar-refractivity contribution is 6.30. The molecule has 1 aromatic heterocycles. The Labute approximate surface area is 172 Å². The highest BCUT2D eigenvalue weighted by Crippen LogP contribution is 2.31. The number of anilines is 3. The third kappa shape index (κ3) is 3.98. The average Bonchev–Trinajstić information content (AvgIpc) is 2.67. The van der Waals surface area contributed by atoms with Gasteiger partial charge in [-0.1, -0.05) is 17.7 Å². The van der Waals surface area contributed by atoms with Gasteiger partial charge in [-0.2, -0.15) is 4.98 Å². The molecule has 2 aromatic rings. The first-order chi connectivity index (χ1) is 13.9. The van der Waals surface area contributed by atoms with Gasteiger partial charge >= 0.3 is 0 Å². The molecular weight excluding hydrogens is 394 g/mol. The lowest BCUT2D eigenvalue weighted by Gasteiger charge is -2.34. The number of nitrogens with one attached hydrogen (secondary N) is 3. The minimum atomic E-state index is -0.929. The lowest BCUT2D eigenvalue weighted by molar-refractivity contribution is -0.123. The van der Waals surface area contributed by atoms with E-state index in [0.29, 0.717) is 16.7 Å². The Balaban J connectivity index is 1.66. The summed E-state index contributed by atoms with van der Waals surface area (Å²) in [4.78, 5) is 47.3. The van der Waals surface area contributed by atoms with Gasteiger partial charge in [-0.05, 0) is 44.4 Å². The Kier molecular flexibility index (Phi) is 5.27. The van der Waals surface area contributed by atoms with Crippen LogP contribution in [0.5, 0.6) is 0 Å².